The van der Waals surface area contributed by atoms with Gasteiger partial charge in [-0.25, -0.2) is 0 Å². The number of Topliss-reactive ketones (excluding diaryl/α,β-unsaturated/α-hetero) is 2. The number of fused-ring (bicyclic) bond motifs is 1. The summed E-state index contributed by atoms with van der Waals surface area (Å²) in [5.74, 6) is -2.76. The highest BCUT2D eigenvalue weighted by Gasteiger charge is 2.48. The summed E-state index contributed by atoms with van der Waals surface area (Å²) in [5, 5.41) is 6.24. The van der Waals surface area contributed by atoms with Gasteiger partial charge < -0.3 is 15.6 Å². The minimum Gasteiger partial charge on any atom is -0.361 e. The molecule has 3 unspecified atom stereocenters. The first-order valence-corrected chi connectivity index (χ1v) is 14.0. The maximum Gasteiger partial charge on any atom is 0.417 e. The van der Waals surface area contributed by atoms with Gasteiger partial charge in [-0.3, -0.25) is 19.3 Å². The highest BCUT2D eigenvalue weighted by Crippen LogP contribution is 2.36. The fourth-order valence-corrected chi connectivity index (χ4v) is 5.90. The first-order valence-electron chi connectivity index (χ1n) is 14.0. The van der Waals surface area contributed by atoms with Crippen LogP contribution in [0.4, 0.5) is 26.3 Å². The van der Waals surface area contributed by atoms with E-state index in [2.05, 4.69) is 15.6 Å². The van der Waals surface area contributed by atoms with E-state index in [-0.39, 0.29) is 13.0 Å². The van der Waals surface area contributed by atoms with Gasteiger partial charge in [0.1, 0.15) is 0 Å². The Balaban J connectivity index is 1.65. The van der Waals surface area contributed by atoms with Crippen molar-refractivity contribution in [3.63, 3.8) is 0 Å². The number of aromatic nitrogens is 1. The predicted octanol–water partition coefficient (Wildman–Crippen LogP) is 5.27. The monoisotopic (exact) mass is 630 g/mol. The maximum absolute atomic E-state index is 14.3. The van der Waals surface area contributed by atoms with Gasteiger partial charge in [-0.1, -0.05) is 54.6 Å². The van der Waals surface area contributed by atoms with Gasteiger partial charge in [0.2, 0.25) is 5.91 Å². The molecule has 3 atom stereocenters. The number of nitrogens with one attached hydrogen (secondary N) is 3. The molecule has 0 aliphatic carbocycles. The number of hydrogen-bond donors (Lipinski definition) is 3. The van der Waals surface area contributed by atoms with Crippen LogP contribution in [0.2, 0.25) is 0 Å². The molecule has 0 radical (unpaired) electrons. The third kappa shape index (κ3) is 6.50. The summed E-state index contributed by atoms with van der Waals surface area (Å²) >= 11 is 0. The molecule has 1 amide bonds. The number of piperazine rings is 1. The van der Waals surface area contributed by atoms with E-state index in [1.807, 2.05) is 18.2 Å². The molecule has 0 bridgehead atoms. The lowest BCUT2D eigenvalue weighted by Gasteiger charge is -2.45. The fraction of sp³-hybridized carbons (Fsp3) is 0.281. The Labute approximate surface area is 253 Å². The van der Waals surface area contributed by atoms with Gasteiger partial charge in [0.25, 0.3) is 0 Å². The predicted molar refractivity (Wildman–Crippen MR) is 154 cm³/mol. The average Bonchev–Trinajstić information content (AvgIpc) is 3.42. The molecule has 0 saturated carbocycles. The minimum absolute atomic E-state index is 0.0822. The van der Waals surface area contributed by atoms with Gasteiger partial charge in [-0.05, 0) is 30.2 Å². The van der Waals surface area contributed by atoms with E-state index < -0.39 is 76.8 Å². The second kappa shape index (κ2) is 12.5. The van der Waals surface area contributed by atoms with Crippen LogP contribution in [-0.2, 0) is 23.6 Å². The summed E-state index contributed by atoms with van der Waals surface area (Å²) in [5.41, 5.74) is -2.32. The number of likely N-dealkylation sites (N-methyl/N-ethyl adjacent to an activating group) is 1. The minimum atomic E-state index is -4.91. The quantitative estimate of drug-likeness (QED) is 0.182. The molecule has 1 aliphatic rings. The largest absolute Gasteiger partial charge is 0.417 e. The molecular weight excluding hydrogens is 602 g/mol. The fourth-order valence-electron chi connectivity index (χ4n) is 5.90. The number of hydrogen-bond acceptors (Lipinski definition) is 5. The van der Waals surface area contributed by atoms with Crippen LogP contribution in [0.3, 0.4) is 0 Å². The first kappa shape index (κ1) is 31.9. The third-order valence-electron chi connectivity index (χ3n) is 8.00. The van der Waals surface area contributed by atoms with Crippen molar-refractivity contribution < 1.29 is 40.7 Å². The Kier molecular flexibility index (Phi) is 8.86. The van der Waals surface area contributed by atoms with Gasteiger partial charge in [-0.2, -0.15) is 26.3 Å². The highest BCUT2D eigenvalue weighted by atomic mass is 19.4. The normalized spacial score (nSPS) is 19.4. The number of alkyl halides is 6. The van der Waals surface area contributed by atoms with Crippen LogP contribution in [0, 0.1) is 0 Å². The number of rotatable bonds is 8. The van der Waals surface area contributed by atoms with Crippen LogP contribution in [0.15, 0.2) is 79.0 Å². The van der Waals surface area contributed by atoms with Gasteiger partial charge in [0.15, 0.2) is 11.6 Å². The molecule has 3 aromatic carbocycles. The molecule has 236 valence electrons. The third-order valence-corrected chi connectivity index (χ3v) is 8.00. The number of benzene rings is 3. The smallest absolute Gasteiger partial charge is 0.361 e. The molecular formula is C32H28F6N4O3. The summed E-state index contributed by atoms with van der Waals surface area (Å²) in [6, 6.07) is 11.5. The number of amides is 1. The molecule has 1 fully saturated rings. The Bertz CT molecular complexity index is 1730. The van der Waals surface area contributed by atoms with Crippen LogP contribution in [0.1, 0.15) is 37.4 Å². The van der Waals surface area contributed by atoms with Crippen molar-refractivity contribution in [3.8, 4) is 0 Å². The molecule has 3 N–H and O–H groups in total. The second-order valence-electron chi connectivity index (χ2n) is 10.7. The number of ketones is 2. The van der Waals surface area contributed by atoms with Gasteiger partial charge in [-0.15, -0.1) is 0 Å². The van der Waals surface area contributed by atoms with E-state index in [1.54, 1.807) is 12.3 Å². The maximum atomic E-state index is 14.3. The van der Waals surface area contributed by atoms with Crippen molar-refractivity contribution in [2.75, 3.05) is 20.1 Å². The van der Waals surface area contributed by atoms with Crippen LogP contribution in [-0.4, -0.2) is 65.6 Å². The van der Waals surface area contributed by atoms with Crippen molar-refractivity contribution in [3.05, 3.63) is 107 Å². The topological polar surface area (TPSA) is 94.3 Å². The molecule has 1 aliphatic heterocycles. The molecule has 1 saturated heterocycles. The van der Waals surface area contributed by atoms with Crippen molar-refractivity contribution >= 4 is 28.4 Å². The van der Waals surface area contributed by atoms with Crippen molar-refractivity contribution in [2.24, 2.45) is 0 Å². The Hall–Kier alpha value is -4.49. The summed E-state index contributed by atoms with van der Waals surface area (Å²) < 4.78 is 84.0. The van der Waals surface area contributed by atoms with E-state index in [1.165, 1.54) is 19.2 Å². The highest BCUT2D eigenvalue weighted by molar-refractivity contribution is 6.05. The molecule has 4 aromatic rings. The first-order chi connectivity index (χ1) is 21.3. The number of H-pyrrole nitrogens is 1. The molecule has 13 heteroatoms. The van der Waals surface area contributed by atoms with Crippen molar-refractivity contribution in [2.45, 2.75) is 36.9 Å². The molecule has 7 nitrogen and oxygen atoms in total. The van der Waals surface area contributed by atoms with Crippen LogP contribution < -0.4 is 10.6 Å². The zero-order chi connectivity index (χ0) is 32.5. The standard InChI is InChI=1S/C32H28F6N4O3/c1-39-27(43)17-42-26(29(44)20-9-2-5-11-22(20)31(33,34)35)16-41-25(14-18-15-40-24-13-7-4-8-19(18)24)28(42)30(45)21-10-3-6-12-23(21)32(36,37)38/h2-13,15,25-26,28,40-41H,14,16-17H2,1H3,(H,39,43). The summed E-state index contributed by atoms with van der Waals surface area (Å²) in [7, 11) is 1.29. The van der Waals surface area contributed by atoms with E-state index in [9.17, 15) is 40.7 Å². The number of halogens is 6. The Morgan fingerprint density at radius 3 is 1.98 bits per heavy atom. The summed E-state index contributed by atoms with van der Waals surface area (Å²) in [6.07, 6.45) is -8.03. The average molecular weight is 631 g/mol. The molecule has 45 heavy (non-hydrogen) atoms. The van der Waals surface area contributed by atoms with E-state index in [0.29, 0.717) is 5.56 Å². The molecule has 5 rings (SSSR count). The van der Waals surface area contributed by atoms with E-state index in [0.717, 1.165) is 52.2 Å². The Morgan fingerprint density at radius 1 is 0.822 bits per heavy atom. The summed E-state index contributed by atoms with van der Waals surface area (Å²) in [4.78, 5) is 45.1. The van der Waals surface area contributed by atoms with Crippen LogP contribution in [0.25, 0.3) is 10.9 Å². The second-order valence-corrected chi connectivity index (χ2v) is 10.7. The van der Waals surface area contributed by atoms with Crippen LogP contribution in [0.5, 0.6) is 0 Å². The SMILES string of the molecule is CNC(=O)CN1C(C(=O)c2ccccc2C(F)(F)F)CNC(Cc2c[nH]c3ccccc23)C1C(=O)c1ccccc1C(F)(F)F. The zero-order valence-electron chi connectivity index (χ0n) is 23.8. The van der Waals surface area contributed by atoms with Crippen molar-refractivity contribution in [1.29, 1.82) is 0 Å². The van der Waals surface area contributed by atoms with E-state index in [4.69, 9.17) is 0 Å². The molecule has 2 heterocycles. The number of aromatic amines is 1. The van der Waals surface area contributed by atoms with Gasteiger partial charge in [0.05, 0.1) is 29.8 Å². The van der Waals surface area contributed by atoms with E-state index >= 15 is 0 Å². The lowest BCUT2D eigenvalue weighted by atomic mass is 9.85. The molecule has 1 aromatic heterocycles. The summed E-state index contributed by atoms with van der Waals surface area (Å²) in [6.45, 7) is -0.919. The van der Waals surface area contributed by atoms with Gasteiger partial charge in [0, 0.05) is 47.9 Å². The lowest BCUT2D eigenvalue weighted by molar-refractivity contribution is -0.138. The zero-order valence-corrected chi connectivity index (χ0v) is 23.8. The van der Waals surface area contributed by atoms with Gasteiger partial charge >= 0.3 is 12.4 Å². The Morgan fingerprint density at radius 2 is 1.38 bits per heavy atom. The van der Waals surface area contributed by atoms with Crippen LogP contribution >= 0.6 is 0 Å². The molecule has 0 spiro atoms. The lowest BCUT2D eigenvalue weighted by Crippen LogP contribution is -2.69. The number of carbonyl (C=O) groups excluding carboxylic acids is 3. The van der Waals surface area contributed by atoms with Crippen molar-refractivity contribution in [1.82, 2.24) is 20.5 Å². The number of carbonyl (C=O) groups is 3. The number of para-hydroxylation sites is 1. The number of nitrogens with zero attached hydrogens (tertiary/aromatic N) is 1.